The van der Waals surface area contributed by atoms with Gasteiger partial charge in [-0.15, -0.1) is 0 Å². The highest BCUT2D eigenvalue weighted by molar-refractivity contribution is 7.89. The number of rotatable bonds is 4. The van der Waals surface area contributed by atoms with Crippen molar-refractivity contribution in [3.05, 3.63) is 18.2 Å². The molecule has 7 nitrogen and oxygen atoms in total. The summed E-state index contributed by atoms with van der Waals surface area (Å²) in [5, 5.41) is 0. The zero-order valence-electron chi connectivity index (χ0n) is 16.1. The van der Waals surface area contributed by atoms with Gasteiger partial charge in [-0.2, -0.15) is 13.1 Å². The maximum Gasteiger partial charge on any atom is 0.245 e. The maximum absolute atomic E-state index is 13.3. The van der Waals surface area contributed by atoms with Crippen LogP contribution in [0.25, 0.3) is 11.0 Å². The number of hydrogen-bond donors (Lipinski definition) is 0. The molecule has 2 aliphatic rings. The molecule has 9 heteroatoms. The highest BCUT2D eigenvalue weighted by atomic mass is 32.2. The summed E-state index contributed by atoms with van der Waals surface area (Å²) in [6.45, 7) is 3.61. The van der Waals surface area contributed by atoms with Gasteiger partial charge >= 0.3 is 0 Å². The number of benzene rings is 1. The Bertz CT molecular complexity index is 959. The van der Waals surface area contributed by atoms with Gasteiger partial charge in [0.05, 0.1) is 17.6 Å². The molecule has 2 saturated heterocycles. The molecule has 0 bridgehead atoms. The summed E-state index contributed by atoms with van der Waals surface area (Å²) in [6.07, 6.45) is 5.66. The molecule has 28 heavy (non-hydrogen) atoms. The average molecular weight is 423 g/mol. The fraction of sp³-hybridized carbons (Fsp3) is 0.632. The van der Waals surface area contributed by atoms with Crippen LogP contribution in [0.15, 0.2) is 23.1 Å². The zero-order chi connectivity index (χ0) is 19.7. The predicted molar refractivity (Wildman–Crippen MR) is 109 cm³/mol. The van der Waals surface area contributed by atoms with Gasteiger partial charge in [0.1, 0.15) is 15.9 Å². The summed E-state index contributed by atoms with van der Waals surface area (Å²) in [6, 6.07) is 5.34. The molecule has 1 aromatic carbocycles. The Morgan fingerprint density at radius 2 is 2.04 bits per heavy atom. The van der Waals surface area contributed by atoms with E-state index in [1.165, 1.54) is 10.7 Å². The molecular weight excluding hydrogens is 396 g/mol. The molecule has 2 atom stereocenters. The van der Waals surface area contributed by atoms with Gasteiger partial charge in [-0.1, -0.05) is 13.0 Å². The standard InChI is InChI=1S/C19H26N4O3S2/c1-2-15-8-3-4-12-23(15)19(24)14-7-6-11-22(13-14)28(25,26)17-10-5-9-16-18(17)21-27-20-16/h5,9-10,14-15H,2-4,6-8,11-13H2,1H3/t14-,15-/m0/s1. The highest BCUT2D eigenvalue weighted by Crippen LogP contribution is 2.30. The minimum atomic E-state index is -3.71. The fourth-order valence-electron chi connectivity index (χ4n) is 4.44. The van der Waals surface area contributed by atoms with Gasteiger partial charge in [0.2, 0.25) is 15.9 Å². The number of fused-ring (bicyclic) bond motifs is 1. The molecule has 0 unspecified atom stereocenters. The van der Waals surface area contributed by atoms with Gasteiger partial charge in [-0.05, 0) is 50.7 Å². The van der Waals surface area contributed by atoms with Crippen LogP contribution in [-0.2, 0) is 14.8 Å². The van der Waals surface area contributed by atoms with E-state index < -0.39 is 10.0 Å². The van der Waals surface area contributed by atoms with Crippen molar-refractivity contribution in [1.82, 2.24) is 18.0 Å². The van der Waals surface area contributed by atoms with Crippen LogP contribution in [0.5, 0.6) is 0 Å². The highest BCUT2D eigenvalue weighted by Gasteiger charge is 2.37. The van der Waals surface area contributed by atoms with Crippen LogP contribution >= 0.6 is 11.7 Å². The number of carbonyl (C=O) groups is 1. The summed E-state index contributed by atoms with van der Waals surface area (Å²) in [7, 11) is -3.71. The first-order valence-electron chi connectivity index (χ1n) is 10.0. The van der Waals surface area contributed by atoms with Crippen LogP contribution in [0.4, 0.5) is 0 Å². The molecule has 1 aromatic heterocycles. The molecule has 1 amide bonds. The van der Waals surface area contributed by atoms with Crippen LogP contribution in [0.2, 0.25) is 0 Å². The van der Waals surface area contributed by atoms with Gasteiger partial charge in [-0.25, -0.2) is 8.42 Å². The molecule has 2 aromatic rings. The molecule has 0 aliphatic carbocycles. The van der Waals surface area contributed by atoms with Gasteiger partial charge in [-0.3, -0.25) is 4.79 Å². The maximum atomic E-state index is 13.3. The Kier molecular flexibility index (Phi) is 5.66. The van der Waals surface area contributed by atoms with Crippen LogP contribution in [0.1, 0.15) is 45.4 Å². The third-order valence-electron chi connectivity index (χ3n) is 5.98. The topological polar surface area (TPSA) is 83.5 Å². The molecular formula is C19H26N4O3S2. The Balaban J connectivity index is 1.56. The van der Waals surface area contributed by atoms with E-state index in [1.54, 1.807) is 18.2 Å². The van der Waals surface area contributed by atoms with E-state index >= 15 is 0 Å². The third kappa shape index (κ3) is 3.55. The van der Waals surface area contributed by atoms with Crippen LogP contribution in [-0.4, -0.2) is 58.0 Å². The number of piperidine rings is 2. The second-order valence-electron chi connectivity index (χ2n) is 7.68. The van der Waals surface area contributed by atoms with Gasteiger partial charge in [0.15, 0.2) is 0 Å². The minimum Gasteiger partial charge on any atom is -0.339 e. The van der Waals surface area contributed by atoms with E-state index in [-0.39, 0.29) is 23.3 Å². The SMILES string of the molecule is CC[C@H]1CCCCN1C(=O)[C@H]1CCCN(S(=O)(=O)c2cccc3nsnc23)C1. The number of sulfonamides is 1. The molecule has 2 aliphatic heterocycles. The van der Waals surface area contributed by atoms with E-state index in [0.29, 0.717) is 30.0 Å². The number of nitrogens with zero attached hydrogens (tertiary/aromatic N) is 4. The average Bonchev–Trinajstić information content (AvgIpc) is 3.22. The first-order chi connectivity index (χ1) is 13.5. The van der Waals surface area contributed by atoms with Crippen molar-refractivity contribution in [2.75, 3.05) is 19.6 Å². The number of amides is 1. The van der Waals surface area contributed by atoms with E-state index in [9.17, 15) is 13.2 Å². The summed E-state index contributed by atoms with van der Waals surface area (Å²) in [4.78, 5) is 15.4. The number of hydrogen-bond acceptors (Lipinski definition) is 6. The largest absolute Gasteiger partial charge is 0.339 e. The molecule has 2 fully saturated rings. The normalized spacial score (nSPS) is 24.5. The second kappa shape index (κ2) is 8.04. The lowest BCUT2D eigenvalue weighted by molar-refractivity contribution is -0.140. The van der Waals surface area contributed by atoms with Gasteiger partial charge in [0, 0.05) is 25.7 Å². The van der Waals surface area contributed by atoms with E-state index in [2.05, 4.69) is 15.7 Å². The number of aromatic nitrogens is 2. The van der Waals surface area contributed by atoms with E-state index in [1.807, 2.05) is 4.90 Å². The quantitative estimate of drug-likeness (QED) is 0.756. The molecule has 4 rings (SSSR count). The first-order valence-corrected chi connectivity index (χ1v) is 12.2. The van der Waals surface area contributed by atoms with Crippen molar-refractivity contribution in [2.24, 2.45) is 5.92 Å². The van der Waals surface area contributed by atoms with Crippen LogP contribution in [0, 0.1) is 5.92 Å². The van der Waals surface area contributed by atoms with Gasteiger partial charge < -0.3 is 4.90 Å². The molecule has 0 radical (unpaired) electrons. The Morgan fingerprint density at radius 3 is 2.86 bits per heavy atom. The third-order valence-corrected chi connectivity index (χ3v) is 8.42. The molecule has 0 spiro atoms. The minimum absolute atomic E-state index is 0.125. The van der Waals surface area contributed by atoms with Crippen molar-refractivity contribution in [1.29, 1.82) is 0 Å². The summed E-state index contributed by atoms with van der Waals surface area (Å²) in [5.74, 6) is -0.136. The molecule has 0 saturated carbocycles. The van der Waals surface area contributed by atoms with Crippen molar-refractivity contribution >= 4 is 38.7 Å². The van der Waals surface area contributed by atoms with Crippen molar-refractivity contribution in [3.8, 4) is 0 Å². The second-order valence-corrected chi connectivity index (χ2v) is 10.1. The molecule has 3 heterocycles. The van der Waals surface area contributed by atoms with Crippen LogP contribution in [0.3, 0.4) is 0 Å². The lowest BCUT2D eigenvalue weighted by Gasteiger charge is -2.40. The predicted octanol–water partition coefficient (Wildman–Crippen LogP) is 2.88. The molecule has 0 N–H and O–H groups in total. The smallest absolute Gasteiger partial charge is 0.245 e. The fourth-order valence-corrected chi connectivity index (χ4v) is 6.72. The number of carbonyl (C=O) groups excluding carboxylic acids is 1. The summed E-state index contributed by atoms with van der Waals surface area (Å²) < 4.78 is 36.4. The van der Waals surface area contributed by atoms with E-state index in [4.69, 9.17) is 0 Å². The van der Waals surface area contributed by atoms with E-state index in [0.717, 1.165) is 44.0 Å². The Labute approximate surface area is 170 Å². The Morgan fingerprint density at radius 1 is 1.18 bits per heavy atom. The van der Waals surface area contributed by atoms with Gasteiger partial charge in [0.25, 0.3) is 0 Å². The summed E-state index contributed by atoms with van der Waals surface area (Å²) >= 11 is 1.01. The monoisotopic (exact) mass is 422 g/mol. The van der Waals surface area contributed by atoms with Crippen molar-refractivity contribution < 1.29 is 13.2 Å². The van der Waals surface area contributed by atoms with Crippen LogP contribution < -0.4 is 0 Å². The lowest BCUT2D eigenvalue weighted by Crippen LogP contribution is -2.50. The van der Waals surface area contributed by atoms with Crippen molar-refractivity contribution in [3.63, 3.8) is 0 Å². The van der Waals surface area contributed by atoms with Crippen molar-refractivity contribution in [2.45, 2.75) is 56.4 Å². The Hall–Kier alpha value is -1.58. The zero-order valence-corrected chi connectivity index (χ0v) is 17.7. The molecule has 152 valence electrons. The first kappa shape index (κ1) is 19.7. The lowest BCUT2D eigenvalue weighted by atomic mass is 9.93. The number of likely N-dealkylation sites (tertiary alicyclic amines) is 1. The summed E-state index contributed by atoms with van der Waals surface area (Å²) in [5.41, 5.74) is 1.01.